The molecule has 1 rings (SSSR count). The molecular formula is C7H9N3. The van der Waals surface area contributed by atoms with Gasteiger partial charge in [-0.3, -0.25) is 0 Å². The van der Waals surface area contributed by atoms with Crippen molar-refractivity contribution < 1.29 is 0 Å². The fourth-order valence-corrected chi connectivity index (χ4v) is 0.729. The standard InChI is InChI=1S/C7H9N3/c1-5(3-8)7-4-9-6(2)10-7/h4-5H,1-2H3,(H,9,10)/t5-/m0/s1. The summed E-state index contributed by atoms with van der Waals surface area (Å²) >= 11 is 0. The normalized spacial score (nSPS) is 12.5. The number of H-pyrrole nitrogens is 1. The molecule has 1 aromatic heterocycles. The minimum atomic E-state index is -0.0822. The third kappa shape index (κ3) is 1.16. The number of hydrogen-bond donors (Lipinski definition) is 1. The summed E-state index contributed by atoms with van der Waals surface area (Å²) in [7, 11) is 0. The molecule has 0 aliphatic heterocycles. The fraction of sp³-hybridized carbons (Fsp3) is 0.429. The van der Waals surface area contributed by atoms with Crippen LogP contribution in [0.5, 0.6) is 0 Å². The maximum absolute atomic E-state index is 8.50. The molecule has 0 bridgehead atoms. The molecule has 52 valence electrons. The van der Waals surface area contributed by atoms with Crippen molar-refractivity contribution in [1.82, 2.24) is 9.97 Å². The zero-order chi connectivity index (χ0) is 7.56. The molecule has 0 unspecified atom stereocenters. The van der Waals surface area contributed by atoms with Gasteiger partial charge >= 0.3 is 0 Å². The first-order valence-electron chi connectivity index (χ1n) is 3.15. The molecule has 10 heavy (non-hydrogen) atoms. The molecule has 0 saturated heterocycles. The Labute approximate surface area is 59.7 Å². The molecule has 1 N–H and O–H groups in total. The van der Waals surface area contributed by atoms with E-state index in [4.69, 9.17) is 5.26 Å². The second-order valence-corrected chi connectivity index (χ2v) is 2.27. The number of aryl methyl sites for hydroxylation is 1. The Hall–Kier alpha value is -1.30. The first-order chi connectivity index (χ1) is 4.74. The molecule has 0 fully saturated rings. The molecule has 0 aliphatic carbocycles. The van der Waals surface area contributed by atoms with Gasteiger partial charge in [-0.15, -0.1) is 0 Å². The summed E-state index contributed by atoms with van der Waals surface area (Å²) in [5, 5.41) is 8.50. The highest BCUT2D eigenvalue weighted by Gasteiger charge is 2.04. The number of imidazole rings is 1. The maximum atomic E-state index is 8.50. The van der Waals surface area contributed by atoms with Crippen LogP contribution in [0, 0.1) is 18.3 Å². The van der Waals surface area contributed by atoms with Crippen LogP contribution in [0.25, 0.3) is 0 Å². The molecule has 0 saturated carbocycles. The number of aromatic nitrogens is 2. The van der Waals surface area contributed by atoms with E-state index in [0.717, 1.165) is 11.5 Å². The highest BCUT2D eigenvalue weighted by atomic mass is 14.9. The molecule has 0 amide bonds. The number of nitrogens with one attached hydrogen (secondary N) is 1. The van der Waals surface area contributed by atoms with Gasteiger partial charge in [0.1, 0.15) is 5.82 Å². The van der Waals surface area contributed by atoms with Gasteiger partial charge in [0.2, 0.25) is 0 Å². The van der Waals surface area contributed by atoms with Crippen molar-refractivity contribution in [2.75, 3.05) is 0 Å². The summed E-state index contributed by atoms with van der Waals surface area (Å²) in [5.74, 6) is 0.776. The van der Waals surface area contributed by atoms with E-state index in [9.17, 15) is 0 Å². The Morgan fingerprint density at radius 2 is 2.50 bits per heavy atom. The monoisotopic (exact) mass is 135 g/mol. The lowest BCUT2D eigenvalue weighted by molar-refractivity contribution is 0.927. The molecule has 0 aliphatic rings. The molecule has 1 heterocycles. The largest absolute Gasteiger partial charge is 0.345 e. The van der Waals surface area contributed by atoms with Crippen molar-refractivity contribution in [3.05, 3.63) is 17.7 Å². The number of rotatable bonds is 1. The third-order valence-corrected chi connectivity index (χ3v) is 1.38. The summed E-state index contributed by atoms with van der Waals surface area (Å²) in [4.78, 5) is 6.97. The highest BCUT2D eigenvalue weighted by molar-refractivity contribution is 5.12. The van der Waals surface area contributed by atoms with Gasteiger partial charge in [0.15, 0.2) is 0 Å². The van der Waals surface area contributed by atoms with E-state index in [1.165, 1.54) is 0 Å². The van der Waals surface area contributed by atoms with Crippen LogP contribution in [0.15, 0.2) is 6.20 Å². The van der Waals surface area contributed by atoms with Crippen molar-refractivity contribution in [3.63, 3.8) is 0 Å². The van der Waals surface area contributed by atoms with E-state index >= 15 is 0 Å². The number of aromatic amines is 1. The smallest absolute Gasteiger partial charge is 0.103 e. The van der Waals surface area contributed by atoms with Crippen LogP contribution in [0.4, 0.5) is 0 Å². The summed E-state index contributed by atoms with van der Waals surface area (Å²) in [5.41, 5.74) is 0.889. The predicted octanol–water partition coefficient (Wildman–Crippen LogP) is 1.35. The van der Waals surface area contributed by atoms with Crippen molar-refractivity contribution in [2.24, 2.45) is 0 Å². The molecule has 3 nitrogen and oxygen atoms in total. The molecule has 3 heteroatoms. The van der Waals surface area contributed by atoms with Crippen LogP contribution in [-0.4, -0.2) is 9.97 Å². The second-order valence-electron chi connectivity index (χ2n) is 2.27. The van der Waals surface area contributed by atoms with Crippen molar-refractivity contribution >= 4 is 0 Å². The molecule has 1 aromatic rings. The second kappa shape index (κ2) is 2.53. The van der Waals surface area contributed by atoms with Gasteiger partial charge in [-0.05, 0) is 13.8 Å². The zero-order valence-corrected chi connectivity index (χ0v) is 6.05. The molecular weight excluding hydrogens is 126 g/mol. The average Bonchev–Trinajstić information content (AvgIpc) is 2.34. The summed E-state index contributed by atoms with van der Waals surface area (Å²) in [6.45, 7) is 3.71. The SMILES string of the molecule is Cc1ncc([C@@H](C)C#N)[nH]1. The Kier molecular flexibility index (Phi) is 1.72. The van der Waals surface area contributed by atoms with Gasteiger partial charge in [-0.2, -0.15) is 5.26 Å². The molecule has 0 radical (unpaired) electrons. The Morgan fingerprint density at radius 3 is 2.90 bits per heavy atom. The summed E-state index contributed by atoms with van der Waals surface area (Å²) < 4.78 is 0. The van der Waals surface area contributed by atoms with E-state index in [-0.39, 0.29) is 5.92 Å². The number of nitrogens with zero attached hydrogens (tertiary/aromatic N) is 2. The average molecular weight is 135 g/mol. The van der Waals surface area contributed by atoms with Gasteiger partial charge in [0.05, 0.1) is 17.7 Å². The minimum absolute atomic E-state index is 0.0822. The lowest BCUT2D eigenvalue weighted by Gasteiger charge is -1.93. The van der Waals surface area contributed by atoms with E-state index in [2.05, 4.69) is 16.0 Å². The van der Waals surface area contributed by atoms with Gasteiger partial charge in [-0.25, -0.2) is 4.98 Å². The number of hydrogen-bond acceptors (Lipinski definition) is 2. The van der Waals surface area contributed by atoms with Gasteiger partial charge in [0, 0.05) is 6.20 Å². The van der Waals surface area contributed by atoms with Crippen LogP contribution in [0.3, 0.4) is 0 Å². The third-order valence-electron chi connectivity index (χ3n) is 1.38. The van der Waals surface area contributed by atoms with Gasteiger partial charge in [-0.1, -0.05) is 0 Å². The van der Waals surface area contributed by atoms with Crippen molar-refractivity contribution in [1.29, 1.82) is 5.26 Å². The van der Waals surface area contributed by atoms with E-state index in [1.54, 1.807) is 6.20 Å². The van der Waals surface area contributed by atoms with Crippen LogP contribution in [0.1, 0.15) is 24.4 Å². The predicted molar refractivity (Wildman–Crippen MR) is 37.4 cm³/mol. The van der Waals surface area contributed by atoms with E-state index < -0.39 is 0 Å². The highest BCUT2D eigenvalue weighted by Crippen LogP contribution is 2.09. The van der Waals surface area contributed by atoms with E-state index in [1.807, 2.05) is 13.8 Å². The Bertz CT molecular complexity index is 256. The van der Waals surface area contributed by atoms with Gasteiger partial charge in [0.25, 0.3) is 0 Å². The quantitative estimate of drug-likeness (QED) is 0.631. The van der Waals surface area contributed by atoms with Crippen LogP contribution >= 0.6 is 0 Å². The van der Waals surface area contributed by atoms with Gasteiger partial charge < -0.3 is 4.98 Å². The number of nitriles is 1. The van der Waals surface area contributed by atoms with Crippen LogP contribution < -0.4 is 0 Å². The van der Waals surface area contributed by atoms with E-state index in [0.29, 0.717) is 0 Å². The fourth-order valence-electron chi connectivity index (χ4n) is 0.729. The minimum Gasteiger partial charge on any atom is -0.345 e. The maximum Gasteiger partial charge on any atom is 0.103 e. The Morgan fingerprint density at radius 1 is 1.80 bits per heavy atom. The lowest BCUT2D eigenvalue weighted by Crippen LogP contribution is -1.88. The van der Waals surface area contributed by atoms with Crippen LogP contribution in [0.2, 0.25) is 0 Å². The van der Waals surface area contributed by atoms with Crippen molar-refractivity contribution in [3.8, 4) is 6.07 Å². The molecule has 1 atom stereocenters. The molecule has 0 spiro atoms. The Balaban J connectivity index is 2.87. The zero-order valence-electron chi connectivity index (χ0n) is 6.05. The molecule has 0 aromatic carbocycles. The topological polar surface area (TPSA) is 52.5 Å². The first-order valence-corrected chi connectivity index (χ1v) is 3.15. The first kappa shape index (κ1) is 6.81. The van der Waals surface area contributed by atoms with Crippen LogP contribution in [-0.2, 0) is 0 Å². The summed E-state index contributed by atoms with van der Waals surface area (Å²) in [6, 6.07) is 2.12. The lowest BCUT2D eigenvalue weighted by atomic mass is 10.1. The van der Waals surface area contributed by atoms with Crippen molar-refractivity contribution in [2.45, 2.75) is 19.8 Å². The summed E-state index contributed by atoms with van der Waals surface area (Å²) in [6.07, 6.45) is 1.70.